The van der Waals surface area contributed by atoms with Crippen molar-refractivity contribution in [1.29, 1.82) is 5.26 Å². The normalized spacial score (nSPS) is 16.2. The van der Waals surface area contributed by atoms with Crippen LogP contribution < -0.4 is 4.74 Å². The maximum atomic E-state index is 9.93. The first kappa shape index (κ1) is 21.5. The van der Waals surface area contributed by atoms with E-state index in [0.29, 0.717) is 11.7 Å². The summed E-state index contributed by atoms with van der Waals surface area (Å²) < 4.78 is 7.40. The lowest BCUT2D eigenvalue weighted by Gasteiger charge is -2.30. The number of hydrogen-bond donors (Lipinski definition) is 0. The Morgan fingerprint density at radius 1 is 0.970 bits per heavy atom. The zero-order valence-corrected chi connectivity index (χ0v) is 19.1. The summed E-state index contributed by atoms with van der Waals surface area (Å²) in [6.07, 6.45) is 5.22. The van der Waals surface area contributed by atoms with Crippen molar-refractivity contribution in [3.63, 3.8) is 0 Å². The molecule has 166 valence electrons. The van der Waals surface area contributed by atoms with Gasteiger partial charge in [-0.1, -0.05) is 48.9 Å². The van der Waals surface area contributed by atoms with Gasteiger partial charge in [-0.25, -0.2) is 9.97 Å². The first-order chi connectivity index (χ1) is 16.3. The van der Waals surface area contributed by atoms with Crippen molar-refractivity contribution >= 4 is 21.6 Å². The second-order valence-electron chi connectivity index (χ2n) is 8.22. The molecular formula is C26H25N5OS. The van der Waals surface area contributed by atoms with Crippen molar-refractivity contribution in [2.75, 3.05) is 19.6 Å². The van der Waals surface area contributed by atoms with Crippen molar-refractivity contribution in [2.45, 2.75) is 31.3 Å². The highest BCUT2D eigenvalue weighted by atomic mass is 32.1. The lowest BCUT2D eigenvalue weighted by molar-refractivity contribution is 0.111. The molecule has 1 aliphatic rings. The highest BCUT2D eigenvalue weighted by molar-refractivity contribution is 7.18. The van der Waals surface area contributed by atoms with Crippen LogP contribution in [0.4, 0.5) is 0 Å². The van der Waals surface area contributed by atoms with Crippen LogP contribution in [0.25, 0.3) is 10.2 Å². The minimum Gasteiger partial charge on any atom is -0.454 e. The van der Waals surface area contributed by atoms with Crippen LogP contribution in [0.1, 0.15) is 47.5 Å². The molecule has 2 unspecified atom stereocenters. The molecule has 1 aliphatic heterocycles. The van der Waals surface area contributed by atoms with Gasteiger partial charge < -0.3 is 4.74 Å². The van der Waals surface area contributed by atoms with Gasteiger partial charge in [0.25, 0.3) is 0 Å². The molecule has 2 atom stereocenters. The van der Waals surface area contributed by atoms with E-state index in [-0.39, 0.29) is 6.10 Å². The van der Waals surface area contributed by atoms with Crippen LogP contribution in [-0.4, -0.2) is 39.5 Å². The lowest BCUT2D eigenvalue weighted by atomic mass is 10.1. The Hall–Kier alpha value is -3.34. The van der Waals surface area contributed by atoms with Crippen molar-refractivity contribution in [1.82, 2.24) is 19.9 Å². The van der Waals surface area contributed by atoms with Crippen LogP contribution in [-0.2, 0) is 0 Å². The summed E-state index contributed by atoms with van der Waals surface area (Å²) in [4.78, 5) is 16.1. The summed E-state index contributed by atoms with van der Waals surface area (Å²) >= 11 is 1.52. The zero-order chi connectivity index (χ0) is 22.5. The molecule has 1 fully saturated rings. The zero-order valence-electron chi connectivity index (χ0n) is 18.3. The molecule has 0 aliphatic carbocycles. The smallest absolute Gasteiger partial charge is 0.317 e. The van der Waals surface area contributed by atoms with Crippen LogP contribution in [0, 0.1) is 11.3 Å². The van der Waals surface area contributed by atoms with Crippen LogP contribution in [0.5, 0.6) is 6.01 Å². The molecule has 0 amide bonds. The summed E-state index contributed by atoms with van der Waals surface area (Å²) in [5.74, 6) is -0.565. The van der Waals surface area contributed by atoms with E-state index in [1.165, 1.54) is 30.6 Å². The molecule has 7 heteroatoms. The molecule has 0 spiro atoms. The molecule has 33 heavy (non-hydrogen) atoms. The van der Waals surface area contributed by atoms with E-state index in [2.05, 4.69) is 38.1 Å². The molecule has 2 aromatic carbocycles. The summed E-state index contributed by atoms with van der Waals surface area (Å²) in [6.45, 7) is 2.96. The van der Waals surface area contributed by atoms with Gasteiger partial charge in [-0.2, -0.15) is 10.2 Å². The SMILES string of the molecule is N#CC(c1ccnc(OC(CN2CCCCC2)c2ccccc2)n1)c1nc2ccccc2s1. The number of rotatable bonds is 7. The van der Waals surface area contributed by atoms with Gasteiger partial charge in [0.1, 0.15) is 17.0 Å². The molecule has 3 heterocycles. The lowest BCUT2D eigenvalue weighted by Crippen LogP contribution is -2.35. The Morgan fingerprint density at radius 3 is 2.55 bits per heavy atom. The molecule has 6 nitrogen and oxygen atoms in total. The number of thiazole rings is 1. The number of likely N-dealkylation sites (tertiary alicyclic amines) is 1. The molecule has 0 radical (unpaired) electrons. The number of ether oxygens (including phenoxy) is 1. The van der Waals surface area contributed by atoms with E-state index in [1.807, 2.05) is 42.5 Å². The third-order valence-electron chi connectivity index (χ3n) is 5.93. The monoisotopic (exact) mass is 455 g/mol. The van der Waals surface area contributed by atoms with Gasteiger partial charge in [0.05, 0.1) is 22.0 Å². The number of nitrogens with zero attached hydrogens (tertiary/aromatic N) is 5. The van der Waals surface area contributed by atoms with Crippen molar-refractivity contribution in [3.05, 3.63) is 83.1 Å². The summed E-state index contributed by atoms with van der Waals surface area (Å²) in [6, 6.07) is 22.6. The fourth-order valence-electron chi connectivity index (χ4n) is 4.22. The molecular weight excluding hydrogens is 430 g/mol. The van der Waals surface area contributed by atoms with Gasteiger partial charge in [-0.3, -0.25) is 4.90 Å². The van der Waals surface area contributed by atoms with Gasteiger partial charge in [0.2, 0.25) is 0 Å². The fourth-order valence-corrected chi connectivity index (χ4v) is 5.24. The minimum atomic E-state index is -0.565. The van der Waals surface area contributed by atoms with E-state index in [0.717, 1.165) is 40.4 Å². The van der Waals surface area contributed by atoms with E-state index in [4.69, 9.17) is 4.74 Å². The number of hydrogen-bond acceptors (Lipinski definition) is 7. The molecule has 2 aromatic heterocycles. The Balaban J connectivity index is 1.40. The minimum absolute atomic E-state index is 0.178. The van der Waals surface area contributed by atoms with E-state index in [1.54, 1.807) is 12.3 Å². The molecule has 1 saturated heterocycles. The highest BCUT2D eigenvalue weighted by Crippen LogP contribution is 2.31. The summed E-state index contributed by atoms with van der Waals surface area (Å²) in [5.41, 5.74) is 2.60. The Labute approximate surface area is 197 Å². The quantitative estimate of drug-likeness (QED) is 0.374. The van der Waals surface area contributed by atoms with Crippen molar-refractivity contribution in [3.8, 4) is 12.1 Å². The maximum absolute atomic E-state index is 9.93. The largest absolute Gasteiger partial charge is 0.454 e. The highest BCUT2D eigenvalue weighted by Gasteiger charge is 2.23. The topological polar surface area (TPSA) is 74.9 Å². The van der Waals surface area contributed by atoms with Crippen molar-refractivity contribution < 1.29 is 4.74 Å². The fraction of sp³-hybridized carbons (Fsp3) is 0.308. The summed E-state index contributed by atoms with van der Waals surface area (Å²) in [7, 11) is 0. The second kappa shape index (κ2) is 10.1. The predicted octanol–water partition coefficient (Wildman–Crippen LogP) is 5.35. The average Bonchev–Trinajstić information content (AvgIpc) is 3.29. The second-order valence-corrected chi connectivity index (χ2v) is 9.29. The van der Waals surface area contributed by atoms with Crippen LogP contribution >= 0.6 is 11.3 Å². The molecule has 0 N–H and O–H groups in total. The molecule has 5 rings (SSSR count). The number of piperidine rings is 1. The first-order valence-electron chi connectivity index (χ1n) is 11.3. The van der Waals surface area contributed by atoms with E-state index in [9.17, 15) is 5.26 Å². The summed E-state index contributed by atoms with van der Waals surface area (Å²) in [5, 5.41) is 10.7. The average molecular weight is 456 g/mol. The first-order valence-corrected chi connectivity index (χ1v) is 12.1. The number of benzene rings is 2. The number of para-hydroxylation sites is 1. The third-order valence-corrected chi connectivity index (χ3v) is 7.03. The van der Waals surface area contributed by atoms with Gasteiger partial charge >= 0.3 is 6.01 Å². The van der Waals surface area contributed by atoms with Crippen LogP contribution in [0.15, 0.2) is 66.9 Å². The number of nitriles is 1. The Bertz CT molecular complexity index is 1210. The Kier molecular flexibility index (Phi) is 6.56. The van der Waals surface area contributed by atoms with E-state index >= 15 is 0 Å². The van der Waals surface area contributed by atoms with Crippen molar-refractivity contribution in [2.24, 2.45) is 0 Å². The number of aromatic nitrogens is 3. The van der Waals surface area contributed by atoms with Gasteiger partial charge in [0, 0.05) is 12.7 Å². The van der Waals surface area contributed by atoms with Crippen LogP contribution in [0.3, 0.4) is 0 Å². The number of fused-ring (bicyclic) bond motifs is 1. The van der Waals surface area contributed by atoms with Gasteiger partial charge in [-0.05, 0) is 49.7 Å². The van der Waals surface area contributed by atoms with Crippen LogP contribution in [0.2, 0.25) is 0 Å². The van der Waals surface area contributed by atoms with Gasteiger partial charge in [0.15, 0.2) is 0 Å². The third kappa shape index (κ3) is 5.03. The molecule has 0 saturated carbocycles. The predicted molar refractivity (Wildman–Crippen MR) is 129 cm³/mol. The molecule has 4 aromatic rings. The molecule has 0 bridgehead atoms. The Morgan fingerprint density at radius 2 is 1.76 bits per heavy atom. The van der Waals surface area contributed by atoms with E-state index < -0.39 is 5.92 Å². The van der Waals surface area contributed by atoms with Gasteiger partial charge in [-0.15, -0.1) is 11.3 Å². The standard InChI is InChI=1S/C26H25N5OS/c27-17-20(25-29-22-11-5-6-12-24(22)33-25)21-13-14-28-26(30-21)32-23(19-9-3-1-4-10-19)18-31-15-7-2-8-16-31/h1,3-6,9-14,20,23H,2,7-8,15-16,18H2. The maximum Gasteiger partial charge on any atom is 0.317 e.